The van der Waals surface area contributed by atoms with Gasteiger partial charge in [0.1, 0.15) is 11.2 Å². The molecule has 2 heteroatoms. The Labute approximate surface area is 151 Å². The fraction of sp³-hybridized carbons (Fsp3) is 0.304. The van der Waals surface area contributed by atoms with E-state index in [2.05, 4.69) is 61.7 Å². The largest absolute Gasteiger partial charge is 0.491 e. The molecule has 2 rings (SSSR count). The lowest BCUT2D eigenvalue weighted by molar-refractivity contribution is 0.0557. The van der Waals surface area contributed by atoms with E-state index in [1.54, 1.807) is 0 Å². The lowest BCUT2D eigenvalue weighted by atomic mass is 9.93. The molecule has 0 aromatic heterocycles. The van der Waals surface area contributed by atoms with Crippen molar-refractivity contribution >= 4 is 0 Å². The third-order valence-electron chi connectivity index (χ3n) is 4.46. The molecule has 0 aliphatic rings. The van der Waals surface area contributed by atoms with Gasteiger partial charge in [0.05, 0.1) is 12.5 Å². The molecule has 2 aromatic rings. The van der Waals surface area contributed by atoms with Gasteiger partial charge in [-0.15, -0.1) is 0 Å². The van der Waals surface area contributed by atoms with E-state index in [1.165, 1.54) is 23.7 Å². The summed E-state index contributed by atoms with van der Waals surface area (Å²) in [6.45, 7) is 15.4. The third-order valence-corrected chi connectivity index (χ3v) is 4.46. The summed E-state index contributed by atoms with van der Waals surface area (Å²) in [6.07, 6.45) is 3.88. The molecule has 0 N–H and O–H groups in total. The Balaban J connectivity index is 2.10. The normalized spacial score (nSPS) is 11.7. The maximum atomic E-state index is 5.58. The van der Waals surface area contributed by atoms with Gasteiger partial charge >= 0.3 is 0 Å². The van der Waals surface area contributed by atoms with Gasteiger partial charge in [-0.3, -0.25) is 0 Å². The highest BCUT2D eigenvalue weighted by Gasteiger charge is 2.21. The Hall–Kier alpha value is -2.48. The van der Waals surface area contributed by atoms with E-state index in [1.807, 2.05) is 27.7 Å². The molecule has 0 heterocycles. The van der Waals surface area contributed by atoms with E-state index in [9.17, 15) is 0 Å². The van der Waals surface area contributed by atoms with E-state index < -0.39 is 0 Å². The second-order valence-corrected chi connectivity index (χ2v) is 7.16. The zero-order valence-electron chi connectivity index (χ0n) is 15.7. The van der Waals surface area contributed by atoms with Crippen LogP contribution in [0.5, 0.6) is 0 Å². The first-order valence-corrected chi connectivity index (χ1v) is 8.55. The molecular formula is C23H28O2. The summed E-state index contributed by atoms with van der Waals surface area (Å²) in [5, 5.41) is 0. The molecule has 0 atom stereocenters. The Bertz CT molecular complexity index is 643. The number of benzene rings is 2. The average molecular weight is 336 g/mol. The Morgan fingerprint density at radius 1 is 0.680 bits per heavy atom. The van der Waals surface area contributed by atoms with Crippen LogP contribution in [0.15, 0.2) is 74.2 Å². The van der Waals surface area contributed by atoms with Gasteiger partial charge in [-0.05, 0) is 56.4 Å². The summed E-state index contributed by atoms with van der Waals surface area (Å²) in [5.74, 6) is 0. The summed E-state index contributed by atoms with van der Waals surface area (Å²) in [7, 11) is 0. The van der Waals surface area contributed by atoms with Crippen LogP contribution in [0.1, 0.15) is 49.9 Å². The Morgan fingerprint density at radius 3 is 1.28 bits per heavy atom. The average Bonchev–Trinajstić information content (AvgIpc) is 2.56. The van der Waals surface area contributed by atoms with Crippen molar-refractivity contribution in [3.05, 3.63) is 96.5 Å². The summed E-state index contributed by atoms with van der Waals surface area (Å²) in [4.78, 5) is 0. The summed E-state index contributed by atoms with van der Waals surface area (Å²) < 4.78 is 11.2. The molecule has 132 valence electrons. The summed E-state index contributed by atoms with van der Waals surface area (Å²) in [5.41, 5.74) is 4.08. The molecule has 0 radical (unpaired) electrons. The molecule has 0 saturated carbocycles. The molecule has 2 aromatic carbocycles. The van der Waals surface area contributed by atoms with Gasteiger partial charge in [-0.1, -0.05) is 61.7 Å². The predicted octanol–water partition coefficient (Wildman–Crippen LogP) is 6.07. The van der Waals surface area contributed by atoms with Crippen molar-refractivity contribution in [2.24, 2.45) is 0 Å². The lowest BCUT2D eigenvalue weighted by Gasteiger charge is -2.25. The number of ether oxygens (including phenoxy) is 2. The van der Waals surface area contributed by atoms with Crippen molar-refractivity contribution < 1.29 is 9.47 Å². The quantitative estimate of drug-likeness (QED) is 0.545. The van der Waals surface area contributed by atoms with Gasteiger partial charge in [0, 0.05) is 0 Å². The molecule has 0 saturated heterocycles. The van der Waals surface area contributed by atoms with E-state index in [0.717, 1.165) is 17.5 Å². The zero-order valence-corrected chi connectivity index (χ0v) is 15.7. The lowest BCUT2D eigenvalue weighted by Crippen LogP contribution is -2.18. The van der Waals surface area contributed by atoms with Crippen LogP contribution in [0.2, 0.25) is 0 Å². The van der Waals surface area contributed by atoms with Crippen LogP contribution in [0.3, 0.4) is 0 Å². The third kappa shape index (κ3) is 4.76. The number of rotatable bonds is 8. The van der Waals surface area contributed by atoms with Crippen molar-refractivity contribution in [3.8, 4) is 0 Å². The molecular weight excluding hydrogens is 308 g/mol. The van der Waals surface area contributed by atoms with Crippen LogP contribution in [0, 0.1) is 0 Å². The van der Waals surface area contributed by atoms with Gasteiger partial charge in [-0.2, -0.15) is 0 Å². The van der Waals surface area contributed by atoms with Crippen LogP contribution < -0.4 is 0 Å². The van der Waals surface area contributed by atoms with E-state index in [4.69, 9.17) is 9.47 Å². The summed E-state index contributed by atoms with van der Waals surface area (Å²) in [6, 6.07) is 17.1. The van der Waals surface area contributed by atoms with Crippen molar-refractivity contribution in [2.45, 2.75) is 45.3 Å². The van der Waals surface area contributed by atoms with E-state index >= 15 is 0 Å². The standard InChI is InChI=1S/C23H28O2/c1-7-24-22(3,4)20-13-9-18(10-14-20)17-19-11-15-21(16-12-19)23(5,6)25-8-2/h7-16H,1-2,17H2,3-6H3. The van der Waals surface area contributed by atoms with Crippen molar-refractivity contribution in [2.75, 3.05) is 0 Å². The second kappa shape index (κ2) is 7.60. The van der Waals surface area contributed by atoms with Crippen molar-refractivity contribution in [3.63, 3.8) is 0 Å². The zero-order chi connectivity index (χ0) is 18.5. The SMILES string of the molecule is C=COC(C)(C)c1ccc(Cc2ccc(C(C)(C)OC=C)cc2)cc1. The van der Waals surface area contributed by atoms with Crippen LogP contribution in [-0.4, -0.2) is 0 Å². The van der Waals surface area contributed by atoms with Gasteiger partial charge in [0.15, 0.2) is 0 Å². The number of hydrogen-bond donors (Lipinski definition) is 0. The van der Waals surface area contributed by atoms with Crippen LogP contribution in [0.25, 0.3) is 0 Å². The molecule has 0 fully saturated rings. The van der Waals surface area contributed by atoms with Gasteiger partial charge < -0.3 is 9.47 Å². The molecule has 0 spiro atoms. The van der Waals surface area contributed by atoms with Gasteiger partial charge in [-0.25, -0.2) is 0 Å². The van der Waals surface area contributed by atoms with E-state index in [-0.39, 0.29) is 11.2 Å². The number of hydrogen-bond acceptors (Lipinski definition) is 2. The molecule has 0 aliphatic carbocycles. The molecule has 0 amide bonds. The maximum Gasteiger partial charge on any atom is 0.127 e. The molecule has 0 unspecified atom stereocenters. The minimum Gasteiger partial charge on any atom is -0.491 e. The Kier molecular flexibility index (Phi) is 5.73. The van der Waals surface area contributed by atoms with E-state index in [0.29, 0.717) is 0 Å². The maximum absolute atomic E-state index is 5.58. The van der Waals surface area contributed by atoms with Crippen LogP contribution in [0.4, 0.5) is 0 Å². The van der Waals surface area contributed by atoms with Crippen molar-refractivity contribution in [1.29, 1.82) is 0 Å². The first-order valence-electron chi connectivity index (χ1n) is 8.55. The second-order valence-electron chi connectivity index (χ2n) is 7.16. The van der Waals surface area contributed by atoms with Crippen LogP contribution >= 0.6 is 0 Å². The minimum absolute atomic E-state index is 0.362. The Morgan fingerprint density at radius 2 is 1.00 bits per heavy atom. The molecule has 0 aliphatic heterocycles. The minimum atomic E-state index is -0.362. The topological polar surface area (TPSA) is 18.5 Å². The first-order chi connectivity index (χ1) is 11.8. The summed E-state index contributed by atoms with van der Waals surface area (Å²) >= 11 is 0. The highest BCUT2D eigenvalue weighted by atomic mass is 16.5. The highest BCUT2D eigenvalue weighted by molar-refractivity contribution is 5.33. The van der Waals surface area contributed by atoms with Gasteiger partial charge in [0.2, 0.25) is 0 Å². The fourth-order valence-corrected chi connectivity index (χ4v) is 2.84. The monoisotopic (exact) mass is 336 g/mol. The van der Waals surface area contributed by atoms with Crippen molar-refractivity contribution in [1.82, 2.24) is 0 Å². The van der Waals surface area contributed by atoms with Crippen LogP contribution in [-0.2, 0) is 27.1 Å². The smallest absolute Gasteiger partial charge is 0.127 e. The molecule has 2 nitrogen and oxygen atoms in total. The predicted molar refractivity (Wildman–Crippen MR) is 104 cm³/mol. The fourth-order valence-electron chi connectivity index (χ4n) is 2.84. The molecule has 0 bridgehead atoms. The molecule has 25 heavy (non-hydrogen) atoms. The first kappa shape index (κ1) is 18.9. The van der Waals surface area contributed by atoms with Gasteiger partial charge in [0.25, 0.3) is 0 Å². The highest BCUT2D eigenvalue weighted by Crippen LogP contribution is 2.27.